The number of fused-ring (bicyclic) bond motifs is 1. The number of amides is 1. The molecule has 0 unspecified atom stereocenters. The van der Waals surface area contributed by atoms with Crippen LogP contribution in [0.5, 0.6) is 11.5 Å². The fraction of sp³-hybridized carbons (Fsp3) is 0.500. The lowest BCUT2D eigenvalue weighted by Crippen LogP contribution is -2.34. The van der Waals surface area contributed by atoms with E-state index in [1.807, 2.05) is 18.2 Å². The molecule has 1 aromatic carbocycles. The van der Waals surface area contributed by atoms with E-state index in [2.05, 4.69) is 18.8 Å². The standard InChI is InChI=1S/C24H30N2O3/c1-3-7-22(25-17(2)14-18-8-5-4-6-9-18)26-23(27)24(12-13-24)19-10-11-20-21(15-19)29-16-28-20/h3,7,10-11,15,18H,1,4-6,8-9,12-14,16H2,2H3,(H,26,27)/b22-7+,25-17+. The minimum absolute atomic E-state index is 0.0151. The average molecular weight is 395 g/mol. The second-order valence-corrected chi connectivity index (χ2v) is 8.45. The number of rotatable bonds is 7. The van der Waals surface area contributed by atoms with E-state index in [1.165, 1.54) is 32.1 Å². The highest BCUT2D eigenvalue weighted by atomic mass is 16.7. The van der Waals surface area contributed by atoms with E-state index in [4.69, 9.17) is 14.5 Å². The van der Waals surface area contributed by atoms with Crippen LogP contribution in [-0.4, -0.2) is 18.4 Å². The molecule has 0 saturated heterocycles. The van der Waals surface area contributed by atoms with Gasteiger partial charge in [-0.1, -0.05) is 50.8 Å². The molecule has 0 bridgehead atoms. The fourth-order valence-corrected chi connectivity index (χ4v) is 4.48. The monoisotopic (exact) mass is 394 g/mol. The molecule has 0 radical (unpaired) electrons. The summed E-state index contributed by atoms with van der Waals surface area (Å²) in [6.07, 6.45) is 12.7. The third kappa shape index (κ3) is 4.39. The van der Waals surface area contributed by atoms with Gasteiger partial charge in [-0.15, -0.1) is 0 Å². The van der Waals surface area contributed by atoms with Crippen molar-refractivity contribution in [2.45, 2.75) is 63.7 Å². The molecule has 0 spiro atoms. The molecule has 2 fully saturated rings. The quantitative estimate of drug-likeness (QED) is 0.522. The predicted octanol–water partition coefficient (Wildman–Crippen LogP) is 5.02. The van der Waals surface area contributed by atoms with Crippen LogP contribution in [-0.2, 0) is 10.2 Å². The first kappa shape index (κ1) is 19.7. The first-order valence-corrected chi connectivity index (χ1v) is 10.7. The van der Waals surface area contributed by atoms with Gasteiger partial charge in [-0.2, -0.15) is 0 Å². The Morgan fingerprint density at radius 3 is 2.72 bits per heavy atom. The van der Waals surface area contributed by atoms with Gasteiger partial charge in [-0.25, -0.2) is 4.99 Å². The van der Waals surface area contributed by atoms with Crippen LogP contribution in [0.1, 0.15) is 63.9 Å². The number of carbonyl (C=O) groups is 1. The summed E-state index contributed by atoms with van der Waals surface area (Å²) in [5.41, 5.74) is 1.53. The average Bonchev–Trinajstić information content (AvgIpc) is 3.40. The number of carbonyl (C=O) groups excluding carboxylic acids is 1. The van der Waals surface area contributed by atoms with E-state index in [-0.39, 0.29) is 12.7 Å². The van der Waals surface area contributed by atoms with Gasteiger partial charge in [-0.3, -0.25) is 4.79 Å². The van der Waals surface area contributed by atoms with Gasteiger partial charge in [0.1, 0.15) is 5.82 Å². The fourth-order valence-electron chi connectivity index (χ4n) is 4.48. The summed E-state index contributed by atoms with van der Waals surface area (Å²) in [6, 6.07) is 5.79. The topological polar surface area (TPSA) is 59.9 Å². The van der Waals surface area contributed by atoms with E-state index in [9.17, 15) is 4.79 Å². The zero-order valence-corrected chi connectivity index (χ0v) is 17.2. The highest BCUT2D eigenvalue weighted by Gasteiger charge is 2.51. The van der Waals surface area contributed by atoms with Crippen molar-refractivity contribution < 1.29 is 14.3 Å². The van der Waals surface area contributed by atoms with Gasteiger partial charge in [-0.05, 0) is 55.9 Å². The van der Waals surface area contributed by atoms with Crippen molar-refractivity contribution in [3.05, 3.63) is 48.3 Å². The molecule has 3 aliphatic rings. The van der Waals surface area contributed by atoms with E-state index >= 15 is 0 Å². The number of allylic oxidation sites excluding steroid dienone is 2. The molecule has 4 rings (SSSR count). The number of nitrogens with zero attached hydrogens (tertiary/aromatic N) is 1. The molecule has 1 aliphatic heterocycles. The second-order valence-electron chi connectivity index (χ2n) is 8.45. The molecule has 5 heteroatoms. The molecular formula is C24H30N2O3. The Hall–Kier alpha value is -2.56. The third-order valence-electron chi connectivity index (χ3n) is 6.25. The molecule has 1 aromatic rings. The van der Waals surface area contributed by atoms with Crippen molar-refractivity contribution >= 4 is 11.6 Å². The van der Waals surface area contributed by atoms with Crippen LogP contribution < -0.4 is 14.8 Å². The Morgan fingerprint density at radius 2 is 2.00 bits per heavy atom. The van der Waals surface area contributed by atoms with Gasteiger partial charge in [0.05, 0.1) is 5.41 Å². The minimum Gasteiger partial charge on any atom is -0.454 e. The van der Waals surface area contributed by atoms with Gasteiger partial charge in [0, 0.05) is 5.71 Å². The summed E-state index contributed by atoms with van der Waals surface area (Å²) < 4.78 is 10.9. The molecule has 154 valence electrons. The maximum Gasteiger partial charge on any atom is 0.236 e. The van der Waals surface area contributed by atoms with Crippen molar-refractivity contribution in [1.29, 1.82) is 0 Å². The predicted molar refractivity (Wildman–Crippen MR) is 114 cm³/mol. The molecule has 1 N–H and O–H groups in total. The molecule has 29 heavy (non-hydrogen) atoms. The SMILES string of the molecule is C=C/C=C(\N=C(/C)CC1CCCCC1)NC(=O)C1(c2ccc3c(c2)OCO3)CC1. The normalized spacial score (nSPS) is 21.0. The number of hydrogen-bond donors (Lipinski definition) is 1. The molecule has 1 amide bonds. The maximum atomic E-state index is 13.2. The lowest BCUT2D eigenvalue weighted by molar-refractivity contribution is -0.122. The van der Waals surface area contributed by atoms with Gasteiger partial charge in [0.15, 0.2) is 11.5 Å². The largest absolute Gasteiger partial charge is 0.454 e. The first-order valence-electron chi connectivity index (χ1n) is 10.7. The van der Waals surface area contributed by atoms with E-state index < -0.39 is 5.41 Å². The molecule has 2 aliphatic carbocycles. The number of benzene rings is 1. The highest BCUT2D eigenvalue weighted by molar-refractivity contribution is 5.93. The Balaban J connectivity index is 1.45. The summed E-state index contributed by atoms with van der Waals surface area (Å²) in [6.45, 7) is 6.07. The van der Waals surface area contributed by atoms with Crippen molar-refractivity contribution in [3.63, 3.8) is 0 Å². The van der Waals surface area contributed by atoms with Crippen molar-refractivity contribution in [2.24, 2.45) is 10.9 Å². The van der Waals surface area contributed by atoms with Crippen LogP contribution in [0.3, 0.4) is 0 Å². The number of aliphatic imine (C=N–C) groups is 1. The third-order valence-corrected chi connectivity index (χ3v) is 6.25. The minimum atomic E-state index is -0.506. The van der Waals surface area contributed by atoms with Crippen LogP contribution in [0.15, 0.2) is 47.7 Å². The summed E-state index contributed by atoms with van der Waals surface area (Å²) in [5, 5.41) is 3.05. The van der Waals surface area contributed by atoms with Crippen LogP contribution in [0.4, 0.5) is 0 Å². The zero-order valence-electron chi connectivity index (χ0n) is 17.2. The van der Waals surface area contributed by atoms with Gasteiger partial charge in [0.25, 0.3) is 0 Å². The van der Waals surface area contributed by atoms with E-state index in [1.54, 1.807) is 12.2 Å². The van der Waals surface area contributed by atoms with Crippen LogP contribution in [0, 0.1) is 5.92 Å². The lowest BCUT2D eigenvalue weighted by atomic mass is 9.86. The Kier molecular flexibility index (Phi) is 5.74. The van der Waals surface area contributed by atoms with Crippen molar-refractivity contribution in [1.82, 2.24) is 5.32 Å². The summed E-state index contributed by atoms with van der Waals surface area (Å²) in [4.78, 5) is 17.9. The van der Waals surface area contributed by atoms with E-state index in [0.29, 0.717) is 11.6 Å². The smallest absolute Gasteiger partial charge is 0.236 e. The van der Waals surface area contributed by atoms with Gasteiger partial charge in [0.2, 0.25) is 12.7 Å². The second kappa shape index (κ2) is 8.44. The zero-order chi connectivity index (χ0) is 20.3. The number of nitrogens with one attached hydrogen (secondary N) is 1. The lowest BCUT2D eigenvalue weighted by Gasteiger charge is -2.21. The molecule has 1 heterocycles. The Labute approximate surface area is 172 Å². The molecule has 5 nitrogen and oxygen atoms in total. The van der Waals surface area contributed by atoms with Gasteiger partial charge < -0.3 is 14.8 Å². The maximum absolute atomic E-state index is 13.2. The summed E-state index contributed by atoms with van der Waals surface area (Å²) in [7, 11) is 0. The Morgan fingerprint density at radius 1 is 1.24 bits per heavy atom. The molecule has 0 atom stereocenters. The van der Waals surface area contributed by atoms with E-state index in [0.717, 1.165) is 42.2 Å². The van der Waals surface area contributed by atoms with Crippen LogP contribution in [0.25, 0.3) is 0 Å². The van der Waals surface area contributed by atoms with Crippen LogP contribution in [0.2, 0.25) is 0 Å². The number of hydrogen-bond acceptors (Lipinski definition) is 4. The van der Waals surface area contributed by atoms with Crippen molar-refractivity contribution in [2.75, 3.05) is 6.79 Å². The summed E-state index contributed by atoms with van der Waals surface area (Å²) >= 11 is 0. The molecular weight excluding hydrogens is 364 g/mol. The number of ether oxygens (including phenoxy) is 2. The first-order chi connectivity index (χ1) is 14.1. The molecule has 2 saturated carbocycles. The van der Waals surface area contributed by atoms with Gasteiger partial charge >= 0.3 is 0 Å². The van der Waals surface area contributed by atoms with Crippen molar-refractivity contribution in [3.8, 4) is 11.5 Å². The Bertz CT molecular complexity index is 846. The molecule has 0 aromatic heterocycles. The van der Waals surface area contributed by atoms with Crippen LogP contribution >= 0.6 is 0 Å². The summed E-state index contributed by atoms with van der Waals surface area (Å²) in [5.74, 6) is 2.73. The highest BCUT2D eigenvalue weighted by Crippen LogP contribution is 2.50.